The highest BCUT2D eigenvalue weighted by Crippen LogP contribution is 1.76. The molecular weight excluding hydrogens is 118 g/mol. The zero-order chi connectivity index (χ0) is 7.11. The van der Waals surface area contributed by atoms with E-state index in [1.165, 1.54) is 0 Å². The van der Waals surface area contributed by atoms with Gasteiger partial charge in [-0.05, 0) is 13.0 Å². The zero-order valence-electron chi connectivity index (χ0n) is 5.80. The van der Waals surface area contributed by atoms with Crippen LogP contribution in [0.25, 0.3) is 0 Å². The Morgan fingerprint density at radius 1 is 1.56 bits per heavy atom. The Kier molecular flexibility index (Phi) is 5.93. The fourth-order valence-corrected chi connectivity index (χ4v) is 0.510. The summed E-state index contributed by atoms with van der Waals surface area (Å²) >= 11 is 0. The minimum absolute atomic E-state index is 0.156. The molecule has 9 heavy (non-hydrogen) atoms. The van der Waals surface area contributed by atoms with Crippen LogP contribution < -0.4 is 5.32 Å². The van der Waals surface area contributed by atoms with Crippen molar-refractivity contribution in [1.82, 2.24) is 5.32 Å². The van der Waals surface area contributed by atoms with Crippen LogP contribution in [0.5, 0.6) is 0 Å². The molecule has 0 aliphatic carbocycles. The summed E-state index contributed by atoms with van der Waals surface area (Å²) in [4.78, 5) is 0. The molecule has 1 unspecified atom stereocenters. The molecule has 0 radical (unpaired) electrons. The van der Waals surface area contributed by atoms with Gasteiger partial charge in [-0.1, -0.05) is 6.92 Å². The quantitative estimate of drug-likeness (QED) is 0.436. The number of hydrogen-bond acceptors (Lipinski definition) is 3. The lowest BCUT2D eigenvalue weighted by atomic mass is 10.3. The van der Waals surface area contributed by atoms with Crippen molar-refractivity contribution < 1.29 is 10.2 Å². The van der Waals surface area contributed by atoms with E-state index in [2.05, 4.69) is 12.2 Å². The van der Waals surface area contributed by atoms with Crippen LogP contribution in [0.2, 0.25) is 0 Å². The summed E-state index contributed by atoms with van der Waals surface area (Å²) in [6.07, 6.45) is 0.453. The van der Waals surface area contributed by atoms with Crippen molar-refractivity contribution in [2.45, 2.75) is 19.4 Å². The van der Waals surface area contributed by atoms with E-state index in [0.29, 0.717) is 6.54 Å². The second-order valence-electron chi connectivity index (χ2n) is 2.04. The minimum Gasteiger partial charge on any atom is -0.394 e. The average Bonchev–Trinajstić information content (AvgIpc) is 1.89. The second kappa shape index (κ2) is 6.01. The van der Waals surface area contributed by atoms with Crippen LogP contribution in [0, 0.1) is 0 Å². The van der Waals surface area contributed by atoms with E-state index < -0.39 is 6.10 Å². The van der Waals surface area contributed by atoms with Crippen LogP contribution in [0.15, 0.2) is 0 Å². The van der Waals surface area contributed by atoms with Crippen LogP contribution >= 0.6 is 0 Å². The van der Waals surface area contributed by atoms with Gasteiger partial charge in [-0.3, -0.25) is 0 Å². The van der Waals surface area contributed by atoms with Gasteiger partial charge >= 0.3 is 0 Å². The molecule has 3 nitrogen and oxygen atoms in total. The topological polar surface area (TPSA) is 52.5 Å². The van der Waals surface area contributed by atoms with Crippen molar-refractivity contribution in [3.63, 3.8) is 0 Å². The Bertz CT molecular complexity index is 59.0. The first-order chi connectivity index (χ1) is 4.31. The highest BCUT2D eigenvalue weighted by Gasteiger charge is 1.97. The van der Waals surface area contributed by atoms with Gasteiger partial charge < -0.3 is 15.5 Å². The number of aliphatic hydroxyl groups excluding tert-OH is 2. The number of nitrogens with one attached hydrogen (secondary N) is 1. The molecule has 0 fully saturated rings. The molecule has 1 atom stereocenters. The van der Waals surface area contributed by atoms with Crippen molar-refractivity contribution in [3.8, 4) is 0 Å². The molecular formula is C6H15NO2. The average molecular weight is 133 g/mol. The second-order valence-corrected chi connectivity index (χ2v) is 2.04. The van der Waals surface area contributed by atoms with E-state index in [1.807, 2.05) is 0 Å². The number of aliphatic hydroxyl groups is 2. The fraction of sp³-hybridized carbons (Fsp3) is 1.00. The molecule has 0 bridgehead atoms. The number of hydrogen-bond donors (Lipinski definition) is 3. The lowest BCUT2D eigenvalue weighted by molar-refractivity contribution is 0.0946. The molecule has 0 aliphatic heterocycles. The van der Waals surface area contributed by atoms with Gasteiger partial charge in [0.2, 0.25) is 0 Å². The molecule has 0 heterocycles. The maximum Gasteiger partial charge on any atom is 0.0894 e. The van der Waals surface area contributed by atoms with Gasteiger partial charge in [0.15, 0.2) is 0 Å². The van der Waals surface area contributed by atoms with Gasteiger partial charge in [0.25, 0.3) is 0 Å². The van der Waals surface area contributed by atoms with Crippen LogP contribution in [0.4, 0.5) is 0 Å². The molecule has 3 heteroatoms. The van der Waals surface area contributed by atoms with Crippen LogP contribution in [-0.2, 0) is 0 Å². The van der Waals surface area contributed by atoms with Crippen molar-refractivity contribution in [2.75, 3.05) is 19.7 Å². The fourth-order valence-electron chi connectivity index (χ4n) is 0.510. The predicted molar refractivity (Wildman–Crippen MR) is 36.3 cm³/mol. The molecule has 0 aliphatic rings. The summed E-state index contributed by atoms with van der Waals surface area (Å²) in [6.45, 7) is 3.29. The molecule has 0 rings (SSSR count). The van der Waals surface area contributed by atoms with Gasteiger partial charge in [-0.15, -0.1) is 0 Å². The third kappa shape index (κ3) is 5.76. The summed E-state index contributed by atoms with van der Waals surface area (Å²) in [7, 11) is 0. The predicted octanol–water partition coefficient (Wildman–Crippen LogP) is -0.661. The maximum absolute atomic E-state index is 8.77. The van der Waals surface area contributed by atoms with Crippen molar-refractivity contribution in [2.24, 2.45) is 0 Å². The Balaban J connectivity index is 2.88. The van der Waals surface area contributed by atoms with E-state index in [4.69, 9.17) is 10.2 Å². The molecule has 3 N–H and O–H groups in total. The van der Waals surface area contributed by atoms with E-state index in [-0.39, 0.29) is 6.61 Å². The van der Waals surface area contributed by atoms with Gasteiger partial charge in [-0.25, -0.2) is 0 Å². The van der Waals surface area contributed by atoms with Crippen LogP contribution in [0.3, 0.4) is 0 Å². The third-order valence-electron chi connectivity index (χ3n) is 1.02. The van der Waals surface area contributed by atoms with Crippen LogP contribution in [-0.4, -0.2) is 36.0 Å². The first kappa shape index (κ1) is 8.88. The van der Waals surface area contributed by atoms with Crippen LogP contribution in [0.1, 0.15) is 13.3 Å². The first-order valence-corrected chi connectivity index (χ1v) is 3.31. The molecule has 0 amide bonds. The van der Waals surface area contributed by atoms with E-state index in [0.717, 1.165) is 13.0 Å². The van der Waals surface area contributed by atoms with Crippen molar-refractivity contribution >= 4 is 0 Å². The van der Waals surface area contributed by atoms with Gasteiger partial charge in [0, 0.05) is 6.54 Å². The third-order valence-corrected chi connectivity index (χ3v) is 1.02. The molecule has 0 aromatic rings. The summed E-state index contributed by atoms with van der Waals surface area (Å²) in [5.74, 6) is 0. The number of rotatable bonds is 5. The van der Waals surface area contributed by atoms with Gasteiger partial charge in [-0.2, -0.15) is 0 Å². The van der Waals surface area contributed by atoms with Crippen molar-refractivity contribution in [1.29, 1.82) is 0 Å². The van der Waals surface area contributed by atoms with E-state index >= 15 is 0 Å². The standard InChI is InChI=1S/C6H15NO2/c1-2-3-7-4-6(9)5-8/h6-9H,2-5H2,1H3. The van der Waals surface area contributed by atoms with Crippen molar-refractivity contribution in [3.05, 3.63) is 0 Å². The zero-order valence-corrected chi connectivity index (χ0v) is 5.80. The Labute approximate surface area is 55.7 Å². The SMILES string of the molecule is CCCNCC(O)CO. The molecule has 0 aromatic heterocycles. The monoisotopic (exact) mass is 133 g/mol. The molecule has 56 valence electrons. The Morgan fingerprint density at radius 2 is 2.22 bits per heavy atom. The maximum atomic E-state index is 8.77. The Morgan fingerprint density at radius 3 is 2.67 bits per heavy atom. The highest BCUT2D eigenvalue weighted by molar-refractivity contribution is 4.55. The summed E-state index contributed by atoms with van der Waals surface area (Å²) in [5.41, 5.74) is 0. The molecule has 0 aromatic carbocycles. The van der Waals surface area contributed by atoms with Gasteiger partial charge in [0.1, 0.15) is 0 Å². The minimum atomic E-state index is -0.600. The summed E-state index contributed by atoms with van der Waals surface area (Å²) < 4.78 is 0. The Hall–Kier alpha value is -0.120. The molecule has 0 saturated heterocycles. The van der Waals surface area contributed by atoms with Gasteiger partial charge in [0.05, 0.1) is 12.7 Å². The summed E-state index contributed by atoms with van der Waals surface area (Å²) in [5, 5.41) is 20.1. The normalized spacial score (nSPS) is 13.7. The van der Waals surface area contributed by atoms with E-state index in [1.54, 1.807) is 0 Å². The lowest BCUT2D eigenvalue weighted by Crippen LogP contribution is -2.29. The molecule has 0 saturated carbocycles. The smallest absolute Gasteiger partial charge is 0.0894 e. The largest absolute Gasteiger partial charge is 0.394 e. The highest BCUT2D eigenvalue weighted by atomic mass is 16.3. The summed E-state index contributed by atoms with van der Waals surface area (Å²) in [6, 6.07) is 0. The van der Waals surface area contributed by atoms with E-state index in [9.17, 15) is 0 Å². The molecule has 0 spiro atoms. The first-order valence-electron chi connectivity index (χ1n) is 3.31. The lowest BCUT2D eigenvalue weighted by Gasteiger charge is -2.06.